The maximum Gasteiger partial charge on any atom is 0.472 e. The number of phosphoric acid groups is 2. The van der Waals surface area contributed by atoms with Crippen LogP contribution >= 0.6 is 15.6 Å². The van der Waals surface area contributed by atoms with Gasteiger partial charge in [-0.05, 0) is 43.4 Å². The fourth-order valence-electron chi connectivity index (χ4n) is 10.3. The average Bonchev–Trinajstić information content (AvgIpc) is 3.52. The van der Waals surface area contributed by atoms with Gasteiger partial charge in [0.05, 0.1) is 26.4 Å². The van der Waals surface area contributed by atoms with Gasteiger partial charge < -0.3 is 33.8 Å². The number of hydrogen-bond acceptors (Lipinski definition) is 15. The minimum atomic E-state index is -4.95. The fourth-order valence-corrected chi connectivity index (χ4v) is 11.9. The van der Waals surface area contributed by atoms with Crippen molar-refractivity contribution in [2.45, 2.75) is 362 Å². The van der Waals surface area contributed by atoms with Crippen molar-refractivity contribution in [2.75, 3.05) is 39.6 Å². The summed E-state index contributed by atoms with van der Waals surface area (Å²) in [5.41, 5.74) is 0. The van der Waals surface area contributed by atoms with E-state index in [-0.39, 0.29) is 25.7 Å². The molecule has 0 heterocycles. The summed E-state index contributed by atoms with van der Waals surface area (Å²) in [5.74, 6) is 0.0787. The van der Waals surface area contributed by atoms with Crippen LogP contribution in [0.3, 0.4) is 0 Å². The van der Waals surface area contributed by atoms with E-state index in [0.717, 1.165) is 114 Å². The number of rotatable bonds is 67. The number of ether oxygens (including phenoxy) is 4. The number of carbonyl (C=O) groups excluding carboxylic acids is 4. The first-order chi connectivity index (χ1) is 42.3. The second-order valence-corrected chi connectivity index (χ2v) is 29.0. The third kappa shape index (κ3) is 61.6. The SMILES string of the molecule is CCCCCCCCCCCCCCCCC(=O)O[C@H](COC(=O)CCCCCCCCCCCCC(C)C)COP(=O)(O)OC[C@@H](O)COP(=O)(O)OC[C@@H](COC(=O)CCCCCCCCC(C)CC)OC(=O)CCCCCCCCCCC(C)C. The molecule has 0 saturated carbocycles. The molecular weight excluding hydrogens is 1160 g/mol. The average molecular weight is 1300 g/mol. The lowest BCUT2D eigenvalue weighted by molar-refractivity contribution is -0.161. The Morgan fingerprint density at radius 3 is 0.864 bits per heavy atom. The zero-order valence-corrected chi connectivity index (χ0v) is 59.0. The zero-order chi connectivity index (χ0) is 65.2. The first kappa shape index (κ1) is 86.1. The molecule has 3 unspecified atom stereocenters. The molecule has 0 amide bonds. The van der Waals surface area contributed by atoms with Crippen molar-refractivity contribution in [1.82, 2.24) is 0 Å². The molecule has 0 aromatic rings. The van der Waals surface area contributed by atoms with E-state index >= 15 is 0 Å². The monoisotopic (exact) mass is 1300 g/mol. The van der Waals surface area contributed by atoms with E-state index in [4.69, 9.17) is 37.0 Å². The topological polar surface area (TPSA) is 237 Å². The number of aliphatic hydroxyl groups is 1. The van der Waals surface area contributed by atoms with Gasteiger partial charge in [0.25, 0.3) is 0 Å². The Morgan fingerprint density at radius 1 is 0.330 bits per heavy atom. The molecule has 0 aromatic carbocycles. The van der Waals surface area contributed by atoms with Crippen molar-refractivity contribution < 1.29 is 80.2 Å². The normalized spacial score (nSPS) is 14.5. The van der Waals surface area contributed by atoms with Gasteiger partial charge in [-0.3, -0.25) is 37.3 Å². The number of aliphatic hydroxyl groups excluding tert-OH is 1. The molecule has 0 spiro atoms. The Bertz CT molecular complexity index is 1730. The van der Waals surface area contributed by atoms with Gasteiger partial charge in [-0.2, -0.15) is 0 Å². The predicted molar refractivity (Wildman–Crippen MR) is 354 cm³/mol. The summed E-state index contributed by atoms with van der Waals surface area (Å²) in [6, 6.07) is 0. The number of unbranched alkanes of at least 4 members (excludes halogenated alkanes) is 34. The fraction of sp³-hybridized carbons (Fsp3) is 0.942. The lowest BCUT2D eigenvalue weighted by Gasteiger charge is -2.21. The molecule has 0 saturated heterocycles. The molecule has 0 fully saturated rings. The second kappa shape index (κ2) is 60.0. The molecule has 3 N–H and O–H groups in total. The van der Waals surface area contributed by atoms with Gasteiger partial charge in [0.2, 0.25) is 0 Å². The highest BCUT2D eigenvalue weighted by molar-refractivity contribution is 7.47. The molecule has 0 aliphatic carbocycles. The summed E-state index contributed by atoms with van der Waals surface area (Å²) in [6.45, 7) is 11.8. The van der Waals surface area contributed by atoms with Gasteiger partial charge in [-0.15, -0.1) is 0 Å². The summed E-state index contributed by atoms with van der Waals surface area (Å²) < 4.78 is 68.2. The summed E-state index contributed by atoms with van der Waals surface area (Å²) in [7, 11) is -9.90. The van der Waals surface area contributed by atoms with Crippen molar-refractivity contribution in [3.05, 3.63) is 0 Å². The third-order valence-corrected chi connectivity index (χ3v) is 18.1. The number of hydrogen-bond donors (Lipinski definition) is 3. The molecule has 6 atom stereocenters. The Balaban J connectivity index is 5.26. The van der Waals surface area contributed by atoms with Crippen molar-refractivity contribution >= 4 is 39.5 Å². The first-order valence-electron chi connectivity index (χ1n) is 35.9. The van der Waals surface area contributed by atoms with Crippen molar-refractivity contribution in [3.63, 3.8) is 0 Å². The van der Waals surface area contributed by atoms with Gasteiger partial charge in [0.15, 0.2) is 12.2 Å². The van der Waals surface area contributed by atoms with Crippen LogP contribution in [-0.2, 0) is 65.4 Å². The quantitative estimate of drug-likeness (QED) is 0.0222. The minimum absolute atomic E-state index is 0.103. The van der Waals surface area contributed by atoms with Crippen LogP contribution in [0.5, 0.6) is 0 Å². The van der Waals surface area contributed by atoms with Gasteiger partial charge in [-0.1, -0.05) is 292 Å². The zero-order valence-electron chi connectivity index (χ0n) is 57.2. The summed E-state index contributed by atoms with van der Waals surface area (Å²) in [5, 5.41) is 10.6. The summed E-state index contributed by atoms with van der Waals surface area (Å²) in [6.07, 6.45) is 43.1. The lowest BCUT2D eigenvalue weighted by Crippen LogP contribution is -2.30. The molecule has 19 heteroatoms. The van der Waals surface area contributed by atoms with Gasteiger partial charge in [0.1, 0.15) is 19.3 Å². The number of esters is 4. The summed E-state index contributed by atoms with van der Waals surface area (Å²) in [4.78, 5) is 72.5. The van der Waals surface area contributed by atoms with E-state index < -0.39 is 97.5 Å². The van der Waals surface area contributed by atoms with E-state index in [1.807, 2.05) is 0 Å². The van der Waals surface area contributed by atoms with Crippen molar-refractivity contribution in [1.29, 1.82) is 0 Å². The molecule has 522 valence electrons. The minimum Gasteiger partial charge on any atom is -0.462 e. The van der Waals surface area contributed by atoms with E-state index in [0.29, 0.717) is 25.7 Å². The Hall–Kier alpha value is -1.94. The van der Waals surface area contributed by atoms with E-state index in [1.165, 1.54) is 148 Å². The van der Waals surface area contributed by atoms with Crippen LogP contribution in [0.2, 0.25) is 0 Å². The molecule has 0 aliphatic rings. The lowest BCUT2D eigenvalue weighted by atomic mass is 10.00. The highest BCUT2D eigenvalue weighted by Crippen LogP contribution is 2.45. The van der Waals surface area contributed by atoms with Crippen molar-refractivity contribution in [3.8, 4) is 0 Å². The van der Waals surface area contributed by atoms with E-state index in [9.17, 15) is 43.2 Å². The maximum absolute atomic E-state index is 13.0. The molecule has 0 aromatic heterocycles. The highest BCUT2D eigenvalue weighted by atomic mass is 31.2. The van der Waals surface area contributed by atoms with Crippen LogP contribution in [0, 0.1) is 17.8 Å². The van der Waals surface area contributed by atoms with Crippen LogP contribution in [0.4, 0.5) is 0 Å². The van der Waals surface area contributed by atoms with Crippen LogP contribution in [0.1, 0.15) is 344 Å². The van der Waals surface area contributed by atoms with Crippen LogP contribution in [0.25, 0.3) is 0 Å². The largest absolute Gasteiger partial charge is 0.472 e. The second-order valence-electron chi connectivity index (χ2n) is 26.1. The Morgan fingerprint density at radius 2 is 0.580 bits per heavy atom. The smallest absolute Gasteiger partial charge is 0.462 e. The van der Waals surface area contributed by atoms with E-state index in [2.05, 4.69) is 48.5 Å². The standard InChI is InChI=1S/C69H134O17P2/c1-8-10-11-12-13-14-15-16-17-18-23-29-38-45-52-68(73)85-64(56-79-66(71)50-43-36-28-22-20-19-21-26-33-40-47-60(3)4)58-83-87(75,76)81-54-63(70)55-82-88(77,78)84-59-65(57-80-67(72)51-44-37-32-31-35-42-49-62(7)9-2)86-69(74)53-46-39-30-25-24-27-34-41-48-61(5)6/h60-65,70H,8-59H2,1-7H3,(H,75,76)(H,77,78)/t62?,63-,64-,65-/m1/s1. The number of phosphoric ester groups is 2. The van der Waals surface area contributed by atoms with Crippen molar-refractivity contribution in [2.24, 2.45) is 17.8 Å². The Labute approximate surface area is 537 Å². The molecule has 0 radical (unpaired) electrons. The first-order valence-corrected chi connectivity index (χ1v) is 38.9. The number of carbonyl (C=O) groups is 4. The Kier molecular flexibility index (Phi) is 58.7. The van der Waals surface area contributed by atoms with Gasteiger partial charge in [0, 0.05) is 25.7 Å². The van der Waals surface area contributed by atoms with Crippen LogP contribution < -0.4 is 0 Å². The molecule has 0 bridgehead atoms. The molecule has 0 aliphatic heterocycles. The van der Waals surface area contributed by atoms with Gasteiger partial charge >= 0.3 is 39.5 Å². The van der Waals surface area contributed by atoms with Gasteiger partial charge in [-0.25, -0.2) is 9.13 Å². The highest BCUT2D eigenvalue weighted by Gasteiger charge is 2.30. The molecule has 88 heavy (non-hydrogen) atoms. The molecule has 0 rings (SSSR count). The molecular formula is C69H134O17P2. The summed E-state index contributed by atoms with van der Waals surface area (Å²) >= 11 is 0. The van der Waals surface area contributed by atoms with Crippen LogP contribution in [-0.4, -0.2) is 96.7 Å². The van der Waals surface area contributed by atoms with Crippen LogP contribution in [0.15, 0.2) is 0 Å². The maximum atomic E-state index is 13.0. The molecule has 17 nitrogen and oxygen atoms in total. The third-order valence-electron chi connectivity index (χ3n) is 16.2. The van der Waals surface area contributed by atoms with E-state index in [1.54, 1.807) is 0 Å². The predicted octanol–water partition coefficient (Wildman–Crippen LogP) is 19.5.